The lowest BCUT2D eigenvalue weighted by molar-refractivity contribution is 0.138. The fourth-order valence-corrected chi connectivity index (χ4v) is 2.73. The molecule has 1 saturated heterocycles. The molecule has 2 amide bonds. The quantitative estimate of drug-likeness (QED) is 0.866. The van der Waals surface area contributed by atoms with Crippen LogP contribution in [0.4, 0.5) is 10.5 Å². The van der Waals surface area contributed by atoms with Crippen molar-refractivity contribution in [1.82, 2.24) is 9.80 Å². The number of hydrogen-bond acceptors (Lipinski definition) is 2. The molecule has 1 fully saturated rings. The summed E-state index contributed by atoms with van der Waals surface area (Å²) < 4.78 is 0. The second kappa shape index (κ2) is 7.34. The maximum Gasteiger partial charge on any atom is 0.320 e. The number of rotatable bonds is 3. The summed E-state index contributed by atoms with van der Waals surface area (Å²) >= 11 is 0. The molecular formula is C17H27N3O. The standard InChI is InChI=1S/C17H27N3O/c1-14(2)20(13-15-7-9-16(18)10-8-15)17(21)19-11-5-3-4-6-12-19/h7-10,14H,3-6,11-13,18H2,1-2H3. The van der Waals surface area contributed by atoms with Crippen LogP contribution in [-0.4, -0.2) is 35.0 Å². The molecule has 2 N–H and O–H groups in total. The van der Waals surface area contributed by atoms with E-state index in [0.29, 0.717) is 6.54 Å². The van der Waals surface area contributed by atoms with E-state index in [0.717, 1.165) is 37.2 Å². The second-order valence-electron chi connectivity index (χ2n) is 6.15. The third-order valence-corrected chi connectivity index (χ3v) is 4.08. The van der Waals surface area contributed by atoms with E-state index >= 15 is 0 Å². The summed E-state index contributed by atoms with van der Waals surface area (Å²) in [5.74, 6) is 0. The molecule has 21 heavy (non-hydrogen) atoms. The number of urea groups is 1. The fourth-order valence-electron chi connectivity index (χ4n) is 2.73. The Morgan fingerprint density at radius 1 is 1.14 bits per heavy atom. The molecule has 1 aromatic carbocycles. The van der Waals surface area contributed by atoms with Gasteiger partial charge in [0.15, 0.2) is 0 Å². The minimum absolute atomic E-state index is 0.170. The van der Waals surface area contributed by atoms with Gasteiger partial charge >= 0.3 is 6.03 Å². The molecule has 0 aliphatic carbocycles. The van der Waals surface area contributed by atoms with Crippen molar-refractivity contribution in [2.45, 2.75) is 52.1 Å². The van der Waals surface area contributed by atoms with Crippen molar-refractivity contribution in [3.63, 3.8) is 0 Å². The number of nitrogen functional groups attached to an aromatic ring is 1. The van der Waals surface area contributed by atoms with Gasteiger partial charge in [0.2, 0.25) is 0 Å². The highest BCUT2D eigenvalue weighted by Crippen LogP contribution is 2.16. The minimum atomic E-state index is 0.170. The van der Waals surface area contributed by atoms with Crippen molar-refractivity contribution in [3.05, 3.63) is 29.8 Å². The number of carbonyl (C=O) groups is 1. The number of nitrogens with two attached hydrogens (primary N) is 1. The Labute approximate surface area is 127 Å². The third-order valence-electron chi connectivity index (χ3n) is 4.08. The Hall–Kier alpha value is -1.71. The average molecular weight is 289 g/mol. The fraction of sp³-hybridized carbons (Fsp3) is 0.588. The van der Waals surface area contributed by atoms with Gasteiger partial charge in [-0.15, -0.1) is 0 Å². The Kier molecular flexibility index (Phi) is 5.48. The summed E-state index contributed by atoms with van der Waals surface area (Å²) in [6.07, 6.45) is 4.73. The SMILES string of the molecule is CC(C)N(Cc1ccc(N)cc1)C(=O)N1CCCCCC1. The highest BCUT2D eigenvalue weighted by molar-refractivity contribution is 5.74. The van der Waals surface area contributed by atoms with Gasteiger partial charge in [-0.2, -0.15) is 0 Å². The molecule has 1 aromatic rings. The van der Waals surface area contributed by atoms with E-state index in [1.165, 1.54) is 12.8 Å². The molecule has 1 aliphatic rings. The molecule has 0 atom stereocenters. The van der Waals surface area contributed by atoms with Crippen molar-refractivity contribution in [3.8, 4) is 0 Å². The van der Waals surface area contributed by atoms with E-state index in [4.69, 9.17) is 5.73 Å². The predicted molar refractivity (Wildman–Crippen MR) is 87.0 cm³/mol. The minimum Gasteiger partial charge on any atom is -0.399 e. The Balaban J connectivity index is 2.06. The van der Waals surface area contributed by atoms with Crippen molar-refractivity contribution < 1.29 is 4.79 Å². The summed E-state index contributed by atoms with van der Waals surface area (Å²) in [6, 6.07) is 8.15. The lowest BCUT2D eigenvalue weighted by Gasteiger charge is -2.33. The molecule has 0 aromatic heterocycles. The maximum atomic E-state index is 12.8. The van der Waals surface area contributed by atoms with Crippen LogP contribution in [0.3, 0.4) is 0 Å². The molecule has 1 heterocycles. The summed E-state index contributed by atoms with van der Waals surface area (Å²) in [5.41, 5.74) is 7.61. The zero-order chi connectivity index (χ0) is 15.2. The van der Waals surface area contributed by atoms with Gasteiger partial charge in [-0.1, -0.05) is 25.0 Å². The van der Waals surface area contributed by atoms with Crippen molar-refractivity contribution in [2.75, 3.05) is 18.8 Å². The highest BCUT2D eigenvalue weighted by Gasteiger charge is 2.23. The summed E-state index contributed by atoms with van der Waals surface area (Å²) in [6.45, 7) is 6.58. The maximum absolute atomic E-state index is 12.8. The molecule has 0 bridgehead atoms. The number of hydrogen-bond donors (Lipinski definition) is 1. The van der Waals surface area contributed by atoms with E-state index in [1.54, 1.807) is 0 Å². The van der Waals surface area contributed by atoms with Crippen molar-refractivity contribution in [1.29, 1.82) is 0 Å². The van der Waals surface area contributed by atoms with Crippen LogP contribution in [0.5, 0.6) is 0 Å². The second-order valence-corrected chi connectivity index (χ2v) is 6.15. The van der Waals surface area contributed by atoms with Crippen LogP contribution >= 0.6 is 0 Å². The predicted octanol–water partition coefficient (Wildman–Crippen LogP) is 3.48. The van der Waals surface area contributed by atoms with Crippen LogP contribution < -0.4 is 5.73 Å². The van der Waals surface area contributed by atoms with Gasteiger partial charge in [-0.05, 0) is 44.4 Å². The molecule has 2 rings (SSSR count). The smallest absolute Gasteiger partial charge is 0.320 e. The summed E-state index contributed by atoms with van der Waals surface area (Å²) in [7, 11) is 0. The molecule has 0 unspecified atom stereocenters. The zero-order valence-corrected chi connectivity index (χ0v) is 13.2. The summed E-state index contributed by atoms with van der Waals surface area (Å²) in [4.78, 5) is 16.8. The first kappa shape index (κ1) is 15.7. The van der Waals surface area contributed by atoms with Gasteiger partial charge < -0.3 is 15.5 Å². The van der Waals surface area contributed by atoms with Crippen LogP contribution in [0, 0.1) is 0 Å². The molecule has 4 nitrogen and oxygen atoms in total. The highest BCUT2D eigenvalue weighted by atomic mass is 16.2. The largest absolute Gasteiger partial charge is 0.399 e. The van der Waals surface area contributed by atoms with Crippen molar-refractivity contribution in [2.24, 2.45) is 0 Å². The van der Waals surface area contributed by atoms with Gasteiger partial charge in [-0.3, -0.25) is 0 Å². The van der Waals surface area contributed by atoms with Crippen LogP contribution in [0.2, 0.25) is 0 Å². The molecule has 0 saturated carbocycles. The zero-order valence-electron chi connectivity index (χ0n) is 13.2. The molecule has 4 heteroatoms. The number of benzene rings is 1. The monoisotopic (exact) mass is 289 g/mol. The van der Waals surface area contributed by atoms with E-state index in [1.807, 2.05) is 34.1 Å². The molecule has 116 valence electrons. The number of amides is 2. The van der Waals surface area contributed by atoms with Crippen LogP contribution in [0.15, 0.2) is 24.3 Å². The van der Waals surface area contributed by atoms with E-state index < -0.39 is 0 Å². The van der Waals surface area contributed by atoms with Gasteiger partial charge in [0, 0.05) is 31.4 Å². The Morgan fingerprint density at radius 2 is 1.71 bits per heavy atom. The van der Waals surface area contributed by atoms with E-state index in [9.17, 15) is 4.79 Å². The van der Waals surface area contributed by atoms with Crippen molar-refractivity contribution >= 4 is 11.7 Å². The first-order chi connectivity index (χ1) is 10.1. The number of anilines is 1. The third kappa shape index (κ3) is 4.38. The van der Waals surface area contributed by atoms with Gasteiger partial charge in [0.25, 0.3) is 0 Å². The number of nitrogens with zero attached hydrogens (tertiary/aromatic N) is 2. The summed E-state index contributed by atoms with van der Waals surface area (Å²) in [5, 5.41) is 0. The first-order valence-corrected chi connectivity index (χ1v) is 7.98. The molecule has 0 radical (unpaired) electrons. The Bertz CT molecular complexity index is 448. The molecule has 1 aliphatic heterocycles. The van der Waals surface area contributed by atoms with Crippen LogP contribution in [0.25, 0.3) is 0 Å². The van der Waals surface area contributed by atoms with Gasteiger partial charge in [0.1, 0.15) is 0 Å². The number of likely N-dealkylation sites (tertiary alicyclic amines) is 1. The molecule has 0 spiro atoms. The molecular weight excluding hydrogens is 262 g/mol. The van der Waals surface area contributed by atoms with E-state index in [2.05, 4.69) is 13.8 Å². The van der Waals surface area contributed by atoms with Gasteiger partial charge in [-0.25, -0.2) is 4.79 Å². The van der Waals surface area contributed by atoms with Gasteiger partial charge in [0.05, 0.1) is 0 Å². The first-order valence-electron chi connectivity index (χ1n) is 7.98. The average Bonchev–Trinajstić information content (AvgIpc) is 2.74. The lowest BCUT2D eigenvalue weighted by Crippen LogP contribution is -2.46. The lowest BCUT2D eigenvalue weighted by atomic mass is 10.2. The van der Waals surface area contributed by atoms with Crippen LogP contribution in [0.1, 0.15) is 45.1 Å². The van der Waals surface area contributed by atoms with E-state index in [-0.39, 0.29) is 12.1 Å². The Morgan fingerprint density at radius 3 is 2.24 bits per heavy atom. The van der Waals surface area contributed by atoms with Crippen LogP contribution in [-0.2, 0) is 6.54 Å². The topological polar surface area (TPSA) is 49.6 Å². The normalized spacial score (nSPS) is 15.9. The number of carbonyl (C=O) groups excluding carboxylic acids is 1.